The minimum atomic E-state index is -3.47. The first-order chi connectivity index (χ1) is 15.5. The minimum Gasteiger partial charge on any atom is -0.493 e. The predicted octanol–water partition coefficient (Wildman–Crippen LogP) is 4.06. The predicted molar refractivity (Wildman–Crippen MR) is 126 cm³/mol. The number of ether oxygens (including phenoxy) is 2. The summed E-state index contributed by atoms with van der Waals surface area (Å²) in [6, 6.07) is 12.4. The van der Waals surface area contributed by atoms with Crippen molar-refractivity contribution in [2.75, 3.05) is 32.7 Å². The van der Waals surface area contributed by atoms with Crippen molar-refractivity contribution in [3.63, 3.8) is 0 Å². The fourth-order valence-corrected chi connectivity index (χ4v) is 5.68. The molecule has 3 aromatic rings. The van der Waals surface area contributed by atoms with E-state index in [0.717, 1.165) is 24.0 Å². The summed E-state index contributed by atoms with van der Waals surface area (Å²) >= 11 is 1.39. The van der Waals surface area contributed by atoms with Crippen LogP contribution in [0.3, 0.4) is 0 Å². The van der Waals surface area contributed by atoms with Crippen LogP contribution in [0.15, 0.2) is 57.8 Å². The number of nitrogens with one attached hydrogen (secondary N) is 1. The number of thiazole rings is 1. The second-order valence-corrected chi connectivity index (χ2v) is 9.96. The highest BCUT2D eigenvalue weighted by Gasteiger charge is 2.27. The first-order valence-electron chi connectivity index (χ1n) is 10.1. The van der Waals surface area contributed by atoms with E-state index in [9.17, 15) is 8.42 Å². The van der Waals surface area contributed by atoms with Crippen LogP contribution < -0.4 is 14.9 Å². The lowest BCUT2D eigenvalue weighted by molar-refractivity contribution is 0.355. The number of anilines is 1. The molecule has 32 heavy (non-hydrogen) atoms. The largest absolute Gasteiger partial charge is 0.493 e. The van der Waals surface area contributed by atoms with Crippen LogP contribution >= 0.6 is 11.3 Å². The van der Waals surface area contributed by atoms with Crippen molar-refractivity contribution in [1.82, 2.24) is 9.29 Å². The molecule has 2 aromatic carbocycles. The van der Waals surface area contributed by atoms with Gasteiger partial charge in [-0.15, -0.1) is 11.3 Å². The third-order valence-corrected chi connectivity index (χ3v) is 7.76. The van der Waals surface area contributed by atoms with E-state index in [1.54, 1.807) is 42.9 Å². The van der Waals surface area contributed by atoms with E-state index in [1.807, 2.05) is 29.6 Å². The van der Waals surface area contributed by atoms with Crippen LogP contribution in [0.4, 0.5) is 5.13 Å². The van der Waals surface area contributed by atoms with Crippen LogP contribution in [0.25, 0.3) is 11.3 Å². The van der Waals surface area contributed by atoms with Gasteiger partial charge >= 0.3 is 0 Å². The van der Waals surface area contributed by atoms with Gasteiger partial charge in [0, 0.05) is 24.0 Å². The third-order valence-electron chi connectivity index (χ3n) is 5.12. The van der Waals surface area contributed by atoms with E-state index in [-0.39, 0.29) is 0 Å². The topological polar surface area (TPSA) is 93.1 Å². The van der Waals surface area contributed by atoms with Crippen LogP contribution in [0.5, 0.6) is 11.5 Å². The van der Waals surface area contributed by atoms with Crippen LogP contribution in [0, 0.1) is 0 Å². The Morgan fingerprint density at radius 3 is 2.62 bits per heavy atom. The molecule has 1 aromatic heterocycles. The van der Waals surface area contributed by atoms with Crippen molar-refractivity contribution >= 4 is 32.7 Å². The number of hydrogen-bond acceptors (Lipinski definition) is 8. The standard InChI is InChI=1S/C22H24N4O4S2/c1-29-20-9-8-16(12-21(20)30-2)14-23-25-22-24-19(15-31-22)17-6-5-7-18(13-17)32(27,28)26-10-3-4-11-26/h5-9,12-15H,3-4,10-11H2,1-2H3,(H,24,25). The maximum Gasteiger partial charge on any atom is 0.243 e. The molecule has 0 atom stereocenters. The van der Waals surface area contributed by atoms with Crippen molar-refractivity contribution in [2.45, 2.75) is 17.7 Å². The van der Waals surface area contributed by atoms with Gasteiger partial charge in [0.15, 0.2) is 11.5 Å². The van der Waals surface area contributed by atoms with Gasteiger partial charge in [-0.25, -0.2) is 13.4 Å². The van der Waals surface area contributed by atoms with E-state index in [2.05, 4.69) is 15.5 Å². The summed E-state index contributed by atoms with van der Waals surface area (Å²) in [5.41, 5.74) is 5.20. The molecule has 4 rings (SSSR count). The number of rotatable bonds is 8. The SMILES string of the molecule is COc1ccc(C=NNc2nc(-c3cccc(S(=O)(=O)N4CCCC4)c3)cs2)cc1OC. The molecule has 0 amide bonds. The number of aromatic nitrogens is 1. The van der Waals surface area contributed by atoms with E-state index in [4.69, 9.17) is 9.47 Å². The zero-order chi connectivity index (χ0) is 22.6. The Balaban J connectivity index is 1.47. The van der Waals surface area contributed by atoms with E-state index in [0.29, 0.717) is 40.3 Å². The lowest BCUT2D eigenvalue weighted by atomic mass is 10.2. The number of sulfonamides is 1. The number of hydrogen-bond donors (Lipinski definition) is 1. The molecule has 1 aliphatic rings. The molecule has 0 unspecified atom stereocenters. The summed E-state index contributed by atoms with van der Waals surface area (Å²) in [4.78, 5) is 4.83. The molecule has 0 saturated carbocycles. The first kappa shape index (κ1) is 22.3. The summed E-state index contributed by atoms with van der Waals surface area (Å²) in [6.07, 6.45) is 3.47. The van der Waals surface area contributed by atoms with Crippen molar-refractivity contribution in [3.8, 4) is 22.8 Å². The van der Waals surface area contributed by atoms with Crippen molar-refractivity contribution in [3.05, 3.63) is 53.4 Å². The number of nitrogens with zero attached hydrogens (tertiary/aromatic N) is 3. The summed E-state index contributed by atoms with van der Waals surface area (Å²) in [5.74, 6) is 1.27. The zero-order valence-electron chi connectivity index (χ0n) is 17.8. The Labute approximate surface area is 191 Å². The van der Waals surface area contributed by atoms with E-state index in [1.165, 1.54) is 11.3 Å². The Morgan fingerprint density at radius 1 is 1.09 bits per heavy atom. The quantitative estimate of drug-likeness (QED) is 0.393. The van der Waals surface area contributed by atoms with Crippen LogP contribution in [-0.4, -0.2) is 51.2 Å². The van der Waals surface area contributed by atoms with Crippen molar-refractivity contribution in [2.24, 2.45) is 5.10 Å². The molecule has 168 valence electrons. The fraction of sp³-hybridized carbons (Fsp3) is 0.273. The van der Waals surface area contributed by atoms with Crippen LogP contribution in [-0.2, 0) is 10.0 Å². The molecule has 1 aliphatic heterocycles. The second-order valence-electron chi connectivity index (χ2n) is 7.16. The normalized spacial score (nSPS) is 14.7. The summed E-state index contributed by atoms with van der Waals surface area (Å²) in [5, 5.41) is 6.71. The summed E-state index contributed by atoms with van der Waals surface area (Å²) < 4.78 is 37.8. The average molecular weight is 473 g/mol. The van der Waals surface area contributed by atoms with Gasteiger partial charge in [0.05, 0.1) is 31.0 Å². The van der Waals surface area contributed by atoms with Crippen molar-refractivity contribution < 1.29 is 17.9 Å². The smallest absolute Gasteiger partial charge is 0.243 e. The number of methoxy groups -OCH3 is 2. The lowest BCUT2D eigenvalue weighted by Crippen LogP contribution is -2.27. The Hall–Kier alpha value is -2.95. The van der Waals surface area contributed by atoms with Crippen molar-refractivity contribution in [1.29, 1.82) is 0 Å². The molecular formula is C22H24N4O4S2. The third kappa shape index (κ3) is 4.77. The lowest BCUT2D eigenvalue weighted by Gasteiger charge is -2.15. The molecule has 2 heterocycles. The highest BCUT2D eigenvalue weighted by Crippen LogP contribution is 2.29. The van der Waals surface area contributed by atoms with Gasteiger partial charge in [0.25, 0.3) is 0 Å². The maximum absolute atomic E-state index is 12.8. The van der Waals surface area contributed by atoms with Gasteiger partial charge in [0.2, 0.25) is 15.2 Å². The monoisotopic (exact) mass is 472 g/mol. The molecule has 8 nitrogen and oxygen atoms in total. The molecule has 1 fully saturated rings. The molecule has 0 radical (unpaired) electrons. The molecule has 0 aliphatic carbocycles. The fourth-order valence-electron chi connectivity index (χ4n) is 3.45. The second kappa shape index (κ2) is 9.68. The van der Waals surface area contributed by atoms with E-state index >= 15 is 0 Å². The molecule has 1 N–H and O–H groups in total. The Kier molecular flexibility index (Phi) is 6.73. The van der Waals surface area contributed by atoms with Gasteiger partial charge in [-0.1, -0.05) is 12.1 Å². The van der Waals surface area contributed by atoms with Gasteiger partial charge in [-0.05, 0) is 48.7 Å². The molecular weight excluding hydrogens is 448 g/mol. The van der Waals surface area contributed by atoms with E-state index < -0.39 is 10.0 Å². The molecule has 0 bridgehead atoms. The number of hydrazone groups is 1. The molecule has 0 spiro atoms. The summed E-state index contributed by atoms with van der Waals surface area (Å²) in [6.45, 7) is 1.16. The molecule has 1 saturated heterocycles. The summed E-state index contributed by atoms with van der Waals surface area (Å²) in [7, 11) is -0.297. The van der Waals surface area contributed by atoms with Crippen LogP contribution in [0.2, 0.25) is 0 Å². The Bertz CT molecular complexity index is 1220. The van der Waals surface area contributed by atoms with Gasteiger partial charge in [0.1, 0.15) is 0 Å². The Morgan fingerprint density at radius 2 is 1.88 bits per heavy atom. The highest BCUT2D eigenvalue weighted by molar-refractivity contribution is 7.89. The first-order valence-corrected chi connectivity index (χ1v) is 12.4. The maximum atomic E-state index is 12.8. The van der Waals surface area contributed by atoms with Gasteiger partial charge in [-0.2, -0.15) is 9.41 Å². The average Bonchev–Trinajstić information content (AvgIpc) is 3.52. The zero-order valence-corrected chi connectivity index (χ0v) is 19.4. The van der Waals surface area contributed by atoms with Crippen LogP contribution in [0.1, 0.15) is 18.4 Å². The van der Waals surface area contributed by atoms with Gasteiger partial charge < -0.3 is 9.47 Å². The van der Waals surface area contributed by atoms with Gasteiger partial charge in [-0.3, -0.25) is 5.43 Å². The molecule has 10 heteroatoms. The minimum absolute atomic E-state index is 0.297. The number of benzene rings is 2. The highest BCUT2D eigenvalue weighted by atomic mass is 32.2.